The van der Waals surface area contributed by atoms with Crippen molar-refractivity contribution < 1.29 is 17.7 Å². The number of rotatable bonds is 7. The fourth-order valence-corrected chi connectivity index (χ4v) is 2.58. The molecule has 9 heteroatoms. The molecule has 0 atom stereocenters. The van der Waals surface area contributed by atoms with Gasteiger partial charge in [-0.3, -0.25) is 5.10 Å². The molecule has 0 spiro atoms. The number of nitrogens with one attached hydrogen (secondary N) is 2. The van der Waals surface area contributed by atoms with Gasteiger partial charge in [0.2, 0.25) is 0 Å². The Morgan fingerprint density at radius 3 is 2.77 bits per heavy atom. The lowest BCUT2D eigenvalue weighted by atomic mass is 10.1. The molecule has 2 aromatic heterocycles. The van der Waals surface area contributed by atoms with Crippen molar-refractivity contribution in [2.75, 3.05) is 6.54 Å². The van der Waals surface area contributed by atoms with E-state index in [0.717, 1.165) is 17.7 Å². The highest BCUT2D eigenvalue weighted by molar-refractivity contribution is 9.10. The van der Waals surface area contributed by atoms with E-state index in [1.54, 1.807) is 0 Å². The second kappa shape index (κ2) is 7.28. The number of hydrogen-bond donors (Lipinski definition) is 2. The number of unbranched alkanes of at least 4 members (excludes halogenated alkanes) is 1. The Morgan fingerprint density at radius 2 is 2.14 bits per heavy atom. The van der Waals surface area contributed by atoms with Crippen LogP contribution >= 0.6 is 15.9 Å². The van der Waals surface area contributed by atoms with Gasteiger partial charge in [0, 0.05) is 17.7 Å². The summed E-state index contributed by atoms with van der Waals surface area (Å²) in [6.07, 6.45) is -1.36. The van der Waals surface area contributed by atoms with Gasteiger partial charge in [-0.2, -0.15) is 18.3 Å². The molecule has 2 N–H and O–H groups in total. The van der Waals surface area contributed by atoms with Crippen LogP contribution in [0.1, 0.15) is 35.4 Å². The largest absolute Gasteiger partial charge is 0.433 e. The molecule has 0 aromatic carbocycles. The first-order valence-electron chi connectivity index (χ1n) is 6.80. The second-order valence-electron chi connectivity index (χ2n) is 4.91. The summed E-state index contributed by atoms with van der Waals surface area (Å²) in [4.78, 5) is 0. The van der Waals surface area contributed by atoms with E-state index in [2.05, 4.69) is 31.5 Å². The van der Waals surface area contributed by atoms with Crippen LogP contribution in [0.5, 0.6) is 0 Å². The van der Waals surface area contributed by atoms with Crippen molar-refractivity contribution in [2.45, 2.75) is 38.9 Å². The molecule has 2 aromatic rings. The van der Waals surface area contributed by atoms with Crippen molar-refractivity contribution in [3.63, 3.8) is 0 Å². The van der Waals surface area contributed by atoms with Gasteiger partial charge in [-0.25, -0.2) is 0 Å². The summed E-state index contributed by atoms with van der Waals surface area (Å²) in [5, 5.41) is 12.5. The fourth-order valence-electron chi connectivity index (χ4n) is 2.09. The van der Waals surface area contributed by atoms with Gasteiger partial charge in [-0.05, 0) is 48.7 Å². The van der Waals surface area contributed by atoms with E-state index in [0.29, 0.717) is 30.5 Å². The van der Waals surface area contributed by atoms with Crippen LogP contribution < -0.4 is 5.32 Å². The molecule has 2 rings (SSSR count). The van der Waals surface area contributed by atoms with Crippen LogP contribution in [-0.2, 0) is 19.1 Å². The number of halogens is 4. The Labute approximate surface area is 133 Å². The number of hydrogen-bond acceptors (Lipinski definition) is 4. The predicted octanol–water partition coefficient (Wildman–Crippen LogP) is 3.60. The Morgan fingerprint density at radius 1 is 1.36 bits per heavy atom. The summed E-state index contributed by atoms with van der Waals surface area (Å²) in [5.41, 5.74) is 0.420. The zero-order valence-electron chi connectivity index (χ0n) is 11.9. The van der Waals surface area contributed by atoms with Gasteiger partial charge >= 0.3 is 6.18 Å². The molecule has 0 aliphatic heterocycles. The van der Waals surface area contributed by atoms with Crippen LogP contribution in [0.2, 0.25) is 0 Å². The second-order valence-corrected chi connectivity index (χ2v) is 5.66. The van der Waals surface area contributed by atoms with Crippen molar-refractivity contribution >= 4 is 15.9 Å². The Kier molecular flexibility index (Phi) is 5.63. The lowest BCUT2D eigenvalue weighted by Gasteiger charge is -2.07. The number of aromatic amines is 1. The first-order valence-corrected chi connectivity index (χ1v) is 7.59. The Hall–Kier alpha value is -1.35. The van der Waals surface area contributed by atoms with E-state index in [1.807, 2.05) is 12.0 Å². The number of H-pyrrole nitrogens is 1. The van der Waals surface area contributed by atoms with Crippen molar-refractivity contribution in [2.24, 2.45) is 0 Å². The molecule has 5 nitrogen and oxygen atoms in total. The van der Waals surface area contributed by atoms with E-state index >= 15 is 0 Å². The Balaban J connectivity index is 1.69. The minimum Gasteiger partial charge on any atom is -0.360 e. The molecule has 0 fully saturated rings. The molecule has 0 saturated carbocycles. The normalized spacial score (nSPS) is 12.0. The average molecular weight is 381 g/mol. The van der Waals surface area contributed by atoms with Gasteiger partial charge in [0.1, 0.15) is 11.5 Å². The van der Waals surface area contributed by atoms with Gasteiger partial charge in [-0.15, -0.1) is 0 Å². The third-order valence-corrected chi connectivity index (χ3v) is 3.91. The lowest BCUT2D eigenvalue weighted by Crippen LogP contribution is -2.15. The number of nitrogens with zero attached hydrogens (tertiary/aromatic N) is 2. The highest BCUT2D eigenvalue weighted by Crippen LogP contribution is 2.30. The maximum absolute atomic E-state index is 12.6. The Bertz CT molecular complexity index is 589. The maximum Gasteiger partial charge on any atom is 0.433 e. The average Bonchev–Trinajstić information content (AvgIpc) is 3.02. The number of alkyl halides is 3. The van der Waals surface area contributed by atoms with Crippen LogP contribution in [0.25, 0.3) is 0 Å². The van der Waals surface area contributed by atoms with Gasteiger partial charge in [-0.1, -0.05) is 5.16 Å². The molecular weight excluding hydrogens is 365 g/mol. The monoisotopic (exact) mass is 380 g/mol. The molecule has 0 unspecified atom stereocenters. The standard InChI is InChI=1S/C13H16BrF3N4O/c1-8-10(12(14)21-22-8)7-18-5-3-2-4-9-6-19-20-11(9)13(15,16)17/h6,18H,2-5,7H2,1H3,(H,19,20). The minimum absolute atomic E-state index is 0.213. The van der Waals surface area contributed by atoms with Gasteiger partial charge < -0.3 is 9.84 Å². The molecule has 22 heavy (non-hydrogen) atoms. The smallest absolute Gasteiger partial charge is 0.360 e. The third-order valence-electron chi connectivity index (χ3n) is 3.29. The zero-order valence-corrected chi connectivity index (χ0v) is 13.5. The van der Waals surface area contributed by atoms with E-state index in [-0.39, 0.29) is 5.56 Å². The van der Waals surface area contributed by atoms with E-state index in [9.17, 15) is 13.2 Å². The minimum atomic E-state index is -4.37. The molecule has 2 heterocycles. The van der Waals surface area contributed by atoms with E-state index < -0.39 is 11.9 Å². The number of aromatic nitrogens is 3. The molecule has 122 valence electrons. The van der Waals surface area contributed by atoms with E-state index in [1.165, 1.54) is 6.20 Å². The summed E-state index contributed by atoms with van der Waals surface area (Å²) in [7, 11) is 0. The van der Waals surface area contributed by atoms with Crippen molar-refractivity contribution in [1.82, 2.24) is 20.7 Å². The van der Waals surface area contributed by atoms with Crippen molar-refractivity contribution in [1.29, 1.82) is 0 Å². The summed E-state index contributed by atoms with van der Waals surface area (Å²) in [6.45, 7) is 3.14. The molecule has 0 aliphatic rings. The fraction of sp³-hybridized carbons (Fsp3) is 0.538. The van der Waals surface area contributed by atoms with Crippen molar-refractivity contribution in [3.05, 3.63) is 33.4 Å². The van der Waals surface area contributed by atoms with Crippen LogP contribution in [-0.4, -0.2) is 21.9 Å². The lowest BCUT2D eigenvalue weighted by molar-refractivity contribution is -0.141. The van der Waals surface area contributed by atoms with Crippen molar-refractivity contribution in [3.8, 4) is 0 Å². The number of aryl methyl sites for hydroxylation is 2. The summed E-state index contributed by atoms with van der Waals surface area (Å²) >= 11 is 3.29. The summed E-state index contributed by atoms with van der Waals surface area (Å²) < 4.78 is 43.6. The molecule has 0 radical (unpaired) electrons. The highest BCUT2D eigenvalue weighted by Gasteiger charge is 2.35. The maximum atomic E-state index is 12.6. The predicted molar refractivity (Wildman–Crippen MR) is 77.2 cm³/mol. The summed E-state index contributed by atoms with van der Waals surface area (Å²) in [6, 6.07) is 0. The van der Waals surface area contributed by atoms with Crippen LogP contribution in [0, 0.1) is 6.92 Å². The SMILES string of the molecule is Cc1onc(Br)c1CNCCCCc1cn[nH]c1C(F)(F)F. The highest BCUT2D eigenvalue weighted by atomic mass is 79.9. The molecule has 0 aliphatic carbocycles. The van der Waals surface area contributed by atoms with Gasteiger partial charge in [0.05, 0.1) is 6.20 Å². The van der Waals surface area contributed by atoms with Crippen LogP contribution in [0.4, 0.5) is 13.2 Å². The summed E-state index contributed by atoms with van der Waals surface area (Å²) in [5.74, 6) is 0.743. The third kappa shape index (κ3) is 4.33. The molecule has 0 saturated heterocycles. The van der Waals surface area contributed by atoms with Gasteiger partial charge in [0.25, 0.3) is 0 Å². The molecule has 0 amide bonds. The van der Waals surface area contributed by atoms with Crippen LogP contribution in [0.15, 0.2) is 15.3 Å². The first-order chi connectivity index (χ1) is 10.4. The molecular formula is C13H16BrF3N4O. The topological polar surface area (TPSA) is 66.7 Å². The van der Waals surface area contributed by atoms with E-state index in [4.69, 9.17) is 4.52 Å². The quantitative estimate of drug-likeness (QED) is 0.720. The van der Waals surface area contributed by atoms with Crippen LogP contribution in [0.3, 0.4) is 0 Å². The zero-order chi connectivity index (χ0) is 16.2. The van der Waals surface area contributed by atoms with Gasteiger partial charge in [0.15, 0.2) is 4.60 Å². The first kappa shape index (κ1) is 17.0. The molecule has 0 bridgehead atoms.